The summed E-state index contributed by atoms with van der Waals surface area (Å²) in [5.74, 6) is 5.40. The van der Waals surface area contributed by atoms with Gasteiger partial charge in [-0.2, -0.15) is 5.10 Å². The van der Waals surface area contributed by atoms with Crippen LogP contribution >= 0.6 is 15.9 Å². The molecular formula is C10H20BrN5O2S. The van der Waals surface area contributed by atoms with Crippen LogP contribution < -0.4 is 11.3 Å². The van der Waals surface area contributed by atoms with Crippen LogP contribution in [0.5, 0.6) is 0 Å². The quantitative estimate of drug-likeness (QED) is 0.518. The predicted molar refractivity (Wildman–Crippen MR) is 78.3 cm³/mol. The Morgan fingerprint density at radius 1 is 1.58 bits per heavy atom. The molecule has 0 aromatic carbocycles. The van der Waals surface area contributed by atoms with Crippen molar-refractivity contribution >= 4 is 25.8 Å². The van der Waals surface area contributed by atoms with Gasteiger partial charge in [-0.3, -0.25) is 16.0 Å². The summed E-state index contributed by atoms with van der Waals surface area (Å²) in [6.07, 6.45) is 2.84. The molecule has 0 aliphatic heterocycles. The molecular weight excluding hydrogens is 334 g/mol. The topological polar surface area (TPSA) is 93.2 Å². The maximum atomic E-state index is 11.4. The van der Waals surface area contributed by atoms with E-state index in [9.17, 15) is 8.42 Å². The fourth-order valence-corrected chi connectivity index (χ4v) is 3.13. The van der Waals surface area contributed by atoms with E-state index in [0.29, 0.717) is 6.54 Å². The molecule has 1 unspecified atom stereocenters. The van der Waals surface area contributed by atoms with E-state index in [-0.39, 0.29) is 5.75 Å². The molecule has 1 aromatic rings. The molecule has 1 heterocycles. The minimum atomic E-state index is -3.14. The third-order valence-corrected chi connectivity index (χ3v) is 4.14. The van der Waals surface area contributed by atoms with E-state index in [4.69, 9.17) is 5.84 Å². The van der Waals surface area contributed by atoms with Gasteiger partial charge in [0.05, 0.1) is 34.7 Å². The molecule has 0 bridgehead atoms. The molecule has 0 aliphatic rings. The number of hydrogen-bond donors (Lipinski definition) is 2. The zero-order chi connectivity index (χ0) is 14.6. The molecule has 7 nitrogen and oxygen atoms in total. The van der Waals surface area contributed by atoms with Crippen molar-refractivity contribution in [3.8, 4) is 0 Å². The lowest BCUT2D eigenvalue weighted by atomic mass is 10.2. The summed E-state index contributed by atoms with van der Waals surface area (Å²) in [4.78, 5) is 2.03. The molecule has 19 heavy (non-hydrogen) atoms. The Labute approximate surface area is 122 Å². The summed E-state index contributed by atoms with van der Waals surface area (Å²) in [5, 5.41) is 4.24. The molecule has 110 valence electrons. The monoisotopic (exact) mass is 353 g/mol. The van der Waals surface area contributed by atoms with Crippen LogP contribution in [0.15, 0.2) is 10.7 Å². The van der Waals surface area contributed by atoms with Gasteiger partial charge in [0.25, 0.3) is 0 Å². The molecule has 1 rings (SSSR count). The summed E-state index contributed by atoms with van der Waals surface area (Å²) in [5.41, 5.74) is 3.29. The third-order valence-electron chi connectivity index (χ3n) is 2.59. The van der Waals surface area contributed by atoms with Crippen LogP contribution in [0, 0.1) is 0 Å². The van der Waals surface area contributed by atoms with Crippen LogP contribution in [0.25, 0.3) is 0 Å². The largest absolute Gasteiger partial charge is 0.308 e. The summed E-state index contributed by atoms with van der Waals surface area (Å²) in [7, 11) is 0.790. The SMILES string of the molecule is CN(C)CCn1ncc(Br)c1C(CS(C)(=O)=O)NN. The molecule has 1 atom stereocenters. The van der Waals surface area contributed by atoms with Gasteiger partial charge in [0, 0.05) is 12.8 Å². The van der Waals surface area contributed by atoms with Crippen LogP contribution in [0.3, 0.4) is 0 Å². The van der Waals surface area contributed by atoms with Crippen LogP contribution in [-0.4, -0.2) is 55.7 Å². The lowest BCUT2D eigenvalue weighted by Gasteiger charge is -2.18. The van der Waals surface area contributed by atoms with Crippen LogP contribution in [0.1, 0.15) is 11.7 Å². The van der Waals surface area contributed by atoms with Gasteiger partial charge in [0.2, 0.25) is 0 Å². The molecule has 0 aliphatic carbocycles. The Morgan fingerprint density at radius 2 is 2.21 bits per heavy atom. The first-order valence-corrected chi connectivity index (χ1v) is 8.59. The van der Waals surface area contributed by atoms with Gasteiger partial charge in [0.15, 0.2) is 0 Å². The fraction of sp³-hybridized carbons (Fsp3) is 0.700. The van der Waals surface area contributed by atoms with E-state index >= 15 is 0 Å². The average molecular weight is 354 g/mol. The van der Waals surface area contributed by atoms with Crippen molar-refractivity contribution in [1.29, 1.82) is 0 Å². The Kier molecular flexibility index (Phi) is 5.93. The van der Waals surface area contributed by atoms with E-state index in [1.54, 1.807) is 10.9 Å². The van der Waals surface area contributed by atoms with E-state index < -0.39 is 15.9 Å². The number of nitrogens with one attached hydrogen (secondary N) is 1. The molecule has 0 saturated heterocycles. The smallest absolute Gasteiger partial charge is 0.149 e. The van der Waals surface area contributed by atoms with Gasteiger partial charge in [-0.1, -0.05) is 0 Å². The Hall–Kier alpha value is -0.480. The minimum absolute atomic E-state index is 0.0737. The minimum Gasteiger partial charge on any atom is -0.308 e. The first-order valence-electron chi connectivity index (χ1n) is 5.74. The number of nitrogens with two attached hydrogens (primary N) is 1. The fourth-order valence-electron chi connectivity index (χ4n) is 1.70. The van der Waals surface area contributed by atoms with E-state index in [2.05, 4.69) is 26.5 Å². The molecule has 9 heteroatoms. The Morgan fingerprint density at radius 3 is 2.68 bits per heavy atom. The van der Waals surface area contributed by atoms with Crippen molar-refractivity contribution in [2.75, 3.05) is 32.6 Å². The molecule has 3 N–H and O–H groups in total. The lowest BCUT2D eigenvalue weighted by molar-refractivity contribution is 0.364. The number of sulfone groups is 1. The number of hydrazine groups is 1. The van der Waals surface area contributed by atoms with E-state index in [0.717, 1.165) is 16.7 Å². The second kappa shape index (κ2) is 6.80. The zero-order valence-electron chi connectivity index (χ0n) is 11.3. The molecule has 0 saturated carbocycles. The van der Waals surface area contributed by atoms with Gasteiger partial charge in [-0.15, -0.1) is 0 Å². The predicted octanol–water partition coefficient (Wildman–Crippen LogP) is -0.244. The molecule has 1 aromatic heterocycles. The summed E-state index contributed by atoms with van der Waals surface area (Å²) in [6, 6.07) is -0.492. The maximum Gasteiger partial charge on any atom is 0.149 e. The molecule has 0 radical (unpaired) electrons. The normalized spacial score (nSPS) is 14.0. The zero-order valence-corrected chi connectivity index (χ0v) is 13.7. The van der Waals surface area contributed by atoms with Crippen LogP contribution in [0.4, 0.5) is 0 Å². The number of likely N-dealkylation sites (N-methyl/N-ethyl adjacent to an activating group) is 1. The Bertz CT molecular complexity index is 514. The van der Waals surface area contributed by atoms with Gasteiger partial charge in [0.1, 0.15) is 9.84 Å². The number of hydrogen-bond acceptors (Lipinski definition) is 6. The van der Waals surface area contributed by atoms with Crippen LogP contribution in [0.2, 0.25) is 0 Å². The van der Waals surface area contributed by atoms with Crippen molar-refractivity contribution < 1.29 is 8.42 Å². The summed E-state index contributed by atoms with van der Waals surface area (Å²) < 4.78 is 25.4. The van der Waals surface area contributed by atoms with Crippen molar-refractivity contribution in [2.45, 2.75) is 12.6 Å². The van der Waals surface area contributed by atoms with E-state index in [1.165, 1.54) is 6.26 Å². The van der Waals surface area contributed by atoms with E-state index in [1.807, 2.05) is 19.0 Å². The number of nitrogens with zero attached hydrogens (tertiary/aromatic N) is 3. The highest BCUT2D eigenvalue weighted by atomic mass is 79.9. The number of aromatic nitrogens is 2. The number of rotatable bonds is 7. The Balaban J connectivity index is 2.99. The van der Waals surface area contributed by atoms with Gasteiger partial charge in [-0.05, 0) is 30.0 Å². The lowest BCUT2D eigenvalue weighted by Crippen LogP contribution is -2.35. The molecule has 0 fully saturated rings. The van der Waals surface area contributed by atoms with Gasteiger partial charge in [-0.25, -0.2) is 8.42 Å². The highest BCUT2D eigenvalue weighted by Gasteiger charge is 2.23. The third kappa shape index (κ3) is 5.19. The van der Waals surface area contributed by atoms with Crippen molar-refractivity contribution in [2.24, 2.45) is 5.84 Å². The maximum absolute atomic E-state index is 11.4. The molecule has 0 spiro atoms. The first-order chi connectivity index (χ1) is 8.74. The first kappa shape index (κ1) is 16.6. The number of halogens is 1. The average Bonchev–Trinajstić information content (AvgIpc) is 2.63. The summed E-state index contributed by atoms with van der Waals surface area (Å²) >= 11 is 3.39. The molecule has 0 amide bonds. The summed E-state index contributed by atoms with van der Waals surface area (Å²) in [6.45, 7) is 1.47. The van der Waals surface area contributed by atoms with Gasteiger partial charge < -0.3 is 4.90 Å². The standard InChI is InChI=1S/C10H20BrN5O2S/c1-15(2)4-5-16-10(8(11)6-13-16)9(14-12)7-19(3,17)18/h6,9,14H,4-5,7,12H2,1-3H3. The highest BCUT2D eigenvalue weighted by molar-refractivity contribution is 9.10. The second-order valence-electron chi connectivity index (χ2n) is 4.72. The second-order valence-corrected chi connectivity index (χ2v) is 7.76. The van der Waals surface area contributed by atoms with Crippen molar-refractivity contribution in [3.05, 3.63) is 16.4 Å². The van der Waals surface area contributed by atoms with Crippen molar-refractivity contribution in [1.82, 2.24) is 20.1 Å². The van der Waals surface area contributed by atoms with Crippen molar-refractivity contribution in [3.63, 3.8) is 0 Å². The van der Waals surface area contributed by atoms with Crippen LogP contribution in [-0.2, 0) is 16.4 Å². The highest BCUT2D eigenvalue weighted by Crippen LogP contribution is 2.24. The van der Waals surface area contributed by atoms with Gasteiger partial charge >= 0.3 is 0 Å².